The molecule has 1 fully saturated rings. The van der Waals surface area contributed by atoms with Gasteiger partial charge in [-0.2, -0.15) is 4.31 Å². The third kappa shape index (κ3) is 6.70. The fourth-order valence-corrected chi connectivity index (χ4v) is 4.74. The first-order valence-corrected chi connectivity index (χ1v) is 11.8. The lowest BCUT2D eigenvalue weighted by Crippen LogP contribution is -2.32. The number of nitrogens with one attached hydrogen (secondary N) is 1. The number of esters is 1. The van der Waals surface area contributed by atoms with E-state index in [2.05, 4.69) is 5.32 Å². The first-order valence-electron chi connectivity index (χ1n) is 10.4. The van der Waals surface area contributed by atoms with Crippen LogP contribution >= 0.6 is 0 Å². The van der Waals surface area contributed by atoms with Crippen LogP contribution in [0, 0.1) is 5.92 Å². The Morgan fingerprint density at radius 2 is 1.80 bits per heavy atom. The molecule has 0 bridgehead atoms. The summed E-state index contributed by atoms with van der Waals surface area (Å²) in [5.41, 5.74) is -0.0247. The molecule has 0 spiro atoms. The van der Waals surface area contributed by atoms with E-state index in [-0.39, 0.29) is 16.2 Å². The molecular formula is C21H32N2O6S. The van der Waals surface area contributed by atoms with Crippen LogP contribution in [0.15, 0.2) is 23.1 Å². The summed E-state index contributed by atoms with van der Waals surface area (Å²) in [6.07, 6.45) is 4.47. The lowest BCUT2D eigenvalue weighted by molar-refractivity contribution is -0.124. The van der Waals surface area contributed by atoms with E-state index in [1.165, 1.54) is 29.6 Å². The number of hydrogen-bond acceptors (Lipinski definition) is 6. The first kappa shape index (κ1) is 24.1. The van der Waals surface area contributed by atoms with Crippen LogP contribution in [-0.2, 0) is 19.6 Å². The van der Waals surface area contributed by atoms with Crippen LogP contribution in [0.4, 0.5) is 0 Å². The lowest BCUT2D eigenvalue weighted by Gasteiger charge is -2.20. The molecular weight excluding hydrogens is 408 g/mol. The van der Waals surface area contributed by atoms with Gasteiger partial charge in [-0.15, -0.1) is 0 Å². The number of amides is 1. The van der Waals surface area contributed by atoms with Crippen LogP contribution in [0.1, 0.15) is 56.3 Å². The van der Waals surface area contributed by atoms with Gasteiger partial charge in [0.05, 0.1) is 12.0 Å². The highest BCUT2D eigenvalue weighted by atomic mass is 32.2. The topological polar surface area (TPSA) is 102 Å². The fraction of sp³-hybridized carbons (Fsp3) is 0.619. The molecule has 0 atom stereocenters. The van der Waals surface area contributed by atoms with Gasteiger partial charge in [-0.05, 0) is 43.4 Å². The van der Waals surface area contributed by atoms with Gasteiger partial charge in [0.1, 0.15) is 11.3 Å². The summed E-state index contributed by atoms with van der Waals surface area (Å²) >= 11 is 0. The molecule has 2 rings (SSSR count). The van der Waals surface area contributed by atoms with E-state index < -0.39 is 28.5 Å². The average molecular weight is 441 g/mol. The summed E-state index contributed by atoms with van der Waals surface area (Å²) in [4.78, 5) is 24.4. The maximum Gasteiger partial charge on any atom is 0.342 e. The Hall–Kier alpha value is -2.13. The second kappa shape index (κ2) is 11.3. The minimum atomic E-state index is -3.73. The number of methoxy groups -OCH3 is 1. The van der Waals surface area contributed by atoms with E-state index in [0.29, 0.717) is 25.6 Å². The lowest BCUT2D eigenvalue weighted by atomic mass is 10.1. The summed E-state index contributed by atoms with van der Waals surface area (Å²) in [5.74, 6) is -0.573. The smallest absolute Gasteiger partial charge is 0.342 e. The molecule has 30 heavy (non-hydrogen) atoms. The molecule has 1 aliphatic heterocycles. The predicted molar refractivity (Wildman–Crippen MR) is 113 cm³/mol. The van der Waals surface area contributed by atoms with Crippen molar-refractivity contribution in [1.29, 1.82) is 0 Å². The number of nitrogens with zero attached hydrogens (tertiary/aromatic N) is 1. The van der Waals surface area contributed by atoms with Crippen LogP contribution < -0.4 is 10.1 Å². The molecule has 1 N–H and O–H groups in total. The predicted octanol–water partition coefficient (Wildman–Crippen LogP) is 2.58. The highest BCUT2D eigenvalue weighted by molar-refractivity contribution is 7.89. The van der Waals surface area contributed by atoms with Gasteiger partial charge in [0.2, 0.25) is 10.0 Å². The standard InChI is InChI=1S/C21H32N2O6S/c1-16(2)10-11-22-20(24)15-29-21(25)18-14-17(8-9-19(18)28-3)30(26,27)23-12-6-4-5-7-13-23/h8-9,14,16H,4-7,10-13,15H2,1-3H3,(H,22,24). The van der Waals surface area contributed by atoms with E-state index in [1.54, 1.807) is 0 Å². The summed E-state index contributed by atoms with van der Waals surface area (Å²) in [7, 11) is -2.34. The molecule has 9 heteroatoms. The van der Waals surface area contributed by atoms with Crippen molar-refractivity contribution in [1.82, 2.24) is 9.62 Å². The molecule has 1 aromatic rings. The Morgan fingerprint density at radius 1 is 1.13 bits per heavy atom. The van der Waals surface area contributed by atoms with E-state index in [9.17, 15) is 18.0 Å². The van der Waals surface area contributed by atoms with E-state index in [1.807, 2.05) is 13.8 Å². The molecule has 1 amide bonds. The Kier molecular flexibility index (Phi) is 9.10. The molecule has 1 heterocycles. The summed E-state index contributed by atoms with van der Waals surface area (Å²) in [6, 6.07) is 4.12. The second-order valence-corrected chi connectivity index (χ2v) is 9.73. The molecule has 1 saturated heterocycles. The van der Waals surface area contributed by atoms with Crippen molar-refractivity contribution in [3.05, 3.63) is 23.8 Å². The molecule has 1 aromatic carbocycles. The van der Waals surface area contributed by atoms with Gasteiger partial charge in [0.15, 0.2) is 6.61 Å². The zero-order valence-corrected chi connectivity index (χ0v) is 18.8. The van der Waals surface area contributed by atoms with Crippen molar-refractivity contribution in [2.75, 3.05) is 33.4 Å². The number of hydrogen-bond donors (Lipinski definition) is 1. The third-order valence-corrected chi connectivity index (χ3v) is 6.87. The van der Waals surface area contributed by atoms with E-state index in [0.717, 1.165) is 32.1 Å². The average Bonchev–Trinajstić information content (AvgIpc) is 3.01. The number of carbonyl (C=O) groups is 2. The van der Waals surface area contributed by atoms with E-state index >= 15 is 0 Å². The fourth-order valence-electron chi connectivity index (χ4n) is 3.20. The van der Waals surface area contributed by atoms with Gasteiger partial charge in [0, 0.05) is 19.6 Å². The molecule has 0 saturated carbocycles. The molecule has 1 aliphatic rings. The van der Waals surface area contributed by atoms with Crippen molar-refractivity contribution in [3.63, 3.8) is 0 Å². The SMILES string of the molecule is COc1ccc(S(=O)(=O)N2CCCCCC2)cc1C(=O)OCC(=O)NCCC(C)C. The van der Waals surface area contributed by atoms with Gasteiger partial charge in [-0.25, -0.2) is 13.2 Å². The summed E-state index contributed by atoms with van der Waals surface area (Å²) in [5, 5.41) is 2.68. The first-order chi connectivity index (χ1) is 14.3. The summed E-state index contributed by atoms with van der Waals surface area (Å²) in [6.45, 7) is 5.08. The van der Waals surface area contributed by atoms with Crippen molar-refractivity contribution in [2.45, 2.75) is 50.8 Å². The maximum atomic E-state index is 13.0. The van der Waals surface area contributed by atoms with Crippen LogP contribution in [0.5, 0.6) is 5.75 Å². The Labute approximate surface area is 179 Å². The minimum absolute atomic E-state index is 0.0125. The Bertz CT molecular complexity index is 830. The molecule has 0 aromatic heterocycles. The van der Waals surface area contributed by atoms with Gasteiger partial charge in [-0.1, -0.05) is 26.7 Å². The maximum absolute atomic E-state index is 13.0. The van der Waals surface area contributed by atoms with Gasteiger partial charge < -0.3 is 14.8 Å². The van der Waals surface area contributed by atoms with Crippen molar-refractivity contribution in [2.24, 2.45) is 5.92 Å². The number of benzene rings is 1. The monoisotopic (exact) mass is 440 g/mol. The number of ether oxygens (including phenoxy) is 2. The number of sulfonamides is 1. The van der Waals surface area contributed by atoms with Crippen LogP contribution in [-0.4, -0.2) is 58.0 Å². The molecule has 0 aliphatic carbocycles. The van der Waals surface area contributed by atoms with Crippen LogP contribution in [0.2, 0.25) is 0 Å². The van der Waals surface area contributed by atoms with Crippen molar-refractivity contribution >= 4 is 21.9 Å². The Balaban J connectivity index is 2.11. The van der Waals surface area contributed by atoms with Crippen LogP contribution in [0.25, 0.3) is 0 Å². The number of rotatable bonds is 9. The van der Waals surface area contributed by atoms with Gasteiger partial charge >= 0.3 is 5.97 Å². The summed E-state index contributed by atoms with van der Waals surface area (Å²) < 4.78 is 37.8. The quantitative estimate of drug-likeness (QED) is 0.592. The molecule has 0 unspecified atom stereocenters. The Morgan fingerprint density at radius 3 is 2.40 bits per heavy atom. The molecule has 168 valence electrons. The molecule has 0 radical (unpaired) electrons. The zero-order valence-electron chi connectivity index (χ0n) is 18.0. The third-order valence-electron chi connectivity index (χ3n) is 4.97. The van der Waals surface area contributed by atoms with Gasteiger partial charge in [-0.3, -0.25) is 4.79 Å². The normalized spacial score (nSPS) is 15.5. The van der Waals surface area contributed by atoms with E-state index in [4.69, 9.17) is 9.47 Å². The highest BCUT2D eigenvalue weighted by Crippen LogP contribution is 2.26. The van der Waals surface area contributed by atoms with Crippen molar-refractivity contribution < 1.29 is 27.5 Å². The number of carbonyl (C=O) groups excluding carboxylic acids is 2. The zero-order chi connectivity index (χ0) is 22.1. The minimum Gasteiger partial charge on any atom is -0.496 e. The highest BCUT2D eigenvalue weighted by Gasteiger charge is 2.27. The second-order valence-electron chi connectivity index (χ2n) is 7.79. The van der Waals surface area contributed by atoms with Crippen molar-refractivity contribution in [3.8, 4) is 5.75 Å². The largest absolute Gasteiger partial charge is 0.496 e. The van der Waals surface area contributed by atoms with Gasteiger partial charge in [0.25, 0.3) is 5.91 Å². The van der Waals surface area contributed by atoms with Crippen LogP contribution in [0.3, 0.4) is 0 Å². The molecule has 8 nitrogen and oxygen atoms in total.